The fourth-order valence-electron chi connectivity index (χ4n) is 1.76. The minimum absolute atomic E-state index is 0.00280. The van der Waals surface area contributed by atoms with Gasteiger partial charge in [0.1, 0.15) is 0 Å². The summed E-state index contributed by atoms with van der Waals surface area (Å²) in [6.07, 6.45) is 0.869. The molecule has 0 saturated carbocycles. The van der Waals surface area contributed by atoms with Crippen LogP contribution in [0.3, 0.4) is 0 Å². The van der Waals surface area contributed by atoms with Crippen LogP contribution in [0.25, 0.3) is 0 Å². The highest BCUT2D eigenvalue weighted by atomic mass is 79.9. The second-order valence-electron chi connectivity index (χ2n) is 3.92. The Balaban J connectivity index is 2.03. The number of carbonyl (C=O) groups excluding carboxylic acids is 1. The lowest BCUT2D eigenvalue weighted by Crippen LogP contribution is -2.23. The van der Waals surface area contributed by atoms with Crippen molar-refractivity contribution in [1.82, 2.24) is 5.32 Å². The average Bonchev–Trinajstić information content (AvgIpc) is 2.81. The zero-order chi connectivity index (χ0) is 13.0. The molecule has 1 heterocycles. The quantitative estimate of drug-likeness (QED) is 0.905. The molecule has 1 aromatic heterocycles. The molecule has 0 bridgehead atoms. The van der Waals surface area contributed by atoms with Crippen molar-refractivity contribution in [1.29, 1.82) is 0 Å². The highest BCUT2D eigenvalue weighted by Gasteiger charge is 2.09. The second-order valence-corrected chi connectivity index (χ2v) is 5.84. The second kappa shape index (κ2) is 6.16. The van der Waals surface area contributed by atoms with Gasteiger partial charge >= 0.3 is 0 Å². The van der Waals surface area contributed by atoms with E-state index in [2.05, 4.69) is 28.2 Å². The molecular formula is C14H14BrNOS. The Morgan fingerprint density at radius 2 is 2.17 bits per heavy atom. The van der Waals surface area contributed by atoms with E-state index in [1.807, 2.05) is 35.7 Å². The van der Waals surface area contributed by atoms with E-state index in [0.717, 1.165) is 26.9 Å². The zero-order valence-corrected chi connectivity index (χ0v) is 12.5. The van der Waals surface area contributed by atoms with Gasteiger partial charge in [0.25, 0.3) is 5.91 Å². The first-order valence-corrected chi connectivity index (χ1v) is 7.47. The summed E-state index contributed by atoms with van der Waals surface area (Å²) in [5, 5.41) is 4.97. The Morgan fingerprint density at radius 3 is 2.83 bits per heavy atom. The van der Waals surface area contributed by atoms with Crippen LogP contribution >= 0.6 is 27.3 Å². The number of halogens is 1. The number of thiophene rings is 1. The van der Waals surface area contributed by atoms with Crippen molar-refractivity contribution < 1.29 is 4.79 Å². The molecule has 1 N–H and O–H groups in total. The lowest BCUT2D eigenvalue weighted by molar-refractivity contribution is 0.0950. The summed E-state index contributed by atoms with van der Waals surface area (Å²) in [6.45, 7) is 2.63. The first kappa shape index (κ1) is 13.3. The number of hydrogen-bond acceptors (Lipinski definition) is 2. The van der Waals surface area contributed by atoms with Crippen molar-refractivity contribution in [3.8, 4) is 0 Å². The Kier molecular flexibility index (Phi) is 4.55. The maximum absolute atomic E-state index is 12.1. The van der Waals surface area contributed by atoms with Gasteiger partial charge in [-0.25, -0.2) is 0 Å². The molecule has 0 atom stereocenters. The topological polar surface area (TPSA) is 29.1 Å². The monoisotopic (exact) mass is 323 g/mol. The van der Waals surface area contributed by atoms with Crippen LogP contribution in [0.2, 0.25) is 0 Å². The molecule has 94 valence electrons. The van der Waals surface area contributed by atoms with E-state index < -0.39 is 0 Å². The molecule has 0 radical (unpaired) electrons. The summed E-state index contributed by atoms with van der Waals surface area (Å²) < 4.78 is 1.06. The molecule has 0 unspecified atom stereocenters. The van der Waals surface area contributed by atoms with Gasteiger partial charge in [0.15, 0.2) is 0 Å². The van der Waals surface area contributed by atoms with Gasteiger partial charge < -0.3 is 5.32 Å². The predicted octanol–water partition coefficient (Wildman–Crippen LogP) is 4.00. The number of amides is 1. The Morgan fingerprint density at radius 1 is 1.39 bits per heavy atom. The van der Waals surface area contributed by atoms with E-state index in [9.17, 15) is 4.79 Å². The van der Waals surface area contributed by atoms with E-state index in [-0.39, 0.29) is 5.91 Å². The molecule has 1 amide bonds. The van der Waals surface area contributed by atoms with Gasteiger partial charge in [0.05, 0.1) is 6.54 Å². The summed E-state index contributed by atoms with van der Waals surface area (Å²) in [5.41, 5.74) is 1.86. The molecule has 0 aliphatic heterocycles. The average molecular weight is 324 g/mol. The smallest absolute Gasteiger partial charge is 0.251 e. The SMILES string of the molecule is CCc1ccccc1C(=O)NCc1cc(Br)cs1. The van der Waals surface area contributed by atoms with Gasteiger partial charge in [-0.3, -0.25) is 4.79 Å². The minimum Gasteiger partial charge on any atom is -0.347 e. The number of aryl methyl sites for hydroxylation is 1. The summed E-state index contributed by atoms with van der Waals surface area (Å²) in [7, 11) is 0. The molecule has 0 aliphatic carbocycles. The van der Waals surface area contributed by atoms with Gasteiger partial charge in [-0.2, -0.15) is 0 Å². The third-order valence-corrected chi connectivity index (χ3v) is 4.39. The molecule has 0 saturated heterocycles. The number of carbonyl (C=O) groups is 1. The van der Waals surface area contributed by atoms with Gasteiger partial charge in [-0.05, 0) is 40.0 Å². The maximum Gasteiger partial charge on any atom is 0.251 e. The first-order chi connectivity index (χ1) is 8.70. The summed E-state index contributed by atoms with van der Waals surface area (Å²) in [6, 6.07) is 9.76. The van der Waals surface area contributed by atoms with Crippen molar-refractivity contribution in [3.63, 3.8) is 0 Å². The molecule has 2 nitrogen and oxygen atoms in total. The first-order valence-electron chi connectivity index (χ1n) is 5.79. The van der Waals surface area contributed by atoms with Crippen molar-refractivity contribution in [2.45, 2.75) is 19.9 Å². The Labute approximate surface area is 119 Å². The standard InChI is InChI=1S/C14H14BrNOS/c1-2-10-5-3-4-6-13(10)14(17)16-8-12-7-11(15)9-18-12/h3-7,9H,2,8H2,1H3,(H,16,17). The third kappa shape index (κ3) is 3.21. The van der Waals surface area contributed by atoms with Crippen molar-refractivity contribution in [2.75, 3.05) is 0 Å². The maximum atomic E-state index is 12.1. The zero-order valence-electron chi connectivity index (χ0n) is 10.1. The van der Waals surface area contributed by atoms with Crippen LogP contribution in [-0.4, -0.2) is 5.91 Å². The van der Waals surface area contributed by atoms with Crippen molar-refractivity contribution in [3.05, 3.63) is 56.2 Å². The van der Waals surface area contributed by atoms with Crippen LogP contribution < -0.4 is 5.32 Å². The summed E-state index contributed by atoms with van der Waals surface area (Å²) in [4.78, 5) is 13.2. The number of hydrogen-bond donors (Lipinski definition) is 1. The highest BCUT2D eigenvalue weighted by Crippen LogP contribution is 2.19. The fraction of sp³-hybridized carbons (Fsp3) is 0.214. The van der Waals surface area contributed by atoms with Crippen molar-refractivity contribution in [2.24, 2.45) is 0 Å². The van der Waals surface area contributed by atoms with E-state index in [1.54, 1.807) is 11.3 Å². The molecule has 0 fully saturated rings. The molecule has 2 aromatic rings. The molecule has 2 rings (SSSR count). The predicted molar refractivity (Wildman–Crippen MR) is 79.0 cm³/mol. The molecule has 0 spiro atoms. The number of nitrogens with one attached hydrogen (secondary N) is 1. The van der Waals surface area contributed by atoms with E-state index >= 15 is 0 Å². The minimum atomic E-state index is -0.00280. The molecular weight excluding hydrogens is 310 g/mol. The van der Waals surface area contributed by atoms with Crippen LogP contribution in [0.1, 0.15) is 27.7 Å². The highest BCUT2D eigenvalue weighted by molar-refractivity contribution is 9.10. The Hall–Kier alpha value is -1.13. The van der Waals surface area contributed by atoms with Crippen molar-refractivity contribution >= 4 is 33.2 Å². The molecule has 1 aromatic carbocycles. The van der Waals surface area contributed by atoms with Crippen LogP contribution in [-0.2, 0) is 13.0 Å². The number of rotatable bonds is 4. The van der Waals surface area contributed by atoms with Gasteiger partial charge in [-0.1, -0.05) is 25.1 Å². The fourth-order valence-corrected chi connectivity index (χ4v) is 3.15. The normalized spacial score (nSPS) is 10.3. The largest absolute Gasteiger partial charge is 0.347 e. The lowest BCUT2D eigenvalue weighted by atomic mass is 10.0. The van der Waals surface area contributed by atoms with Gasteiger partial charge in [0.2, 0.25) is 0 Å². The van der Waals surface area contributed by atoms with Crippen LogP contribution in [0.15, 0.2) is 40.2 Å². The van der Waals surface area contributed by atoms with Crippen LogP contribution in [0.5, 0.6) is 0 Å². The third-order valence-electron chi connectivity index (χ3n) is 2.69. The van der Waals surface area contributed by atoms with Crippen LogP contribution in [0.4, 0.5) is 0 Å². The van der Waals surface area contributed by atoms with E-state index in [0.29, 0.717) is 6.54 Å². The van der Waals surface area contributed by atoms with E-state index in [1.165, 1.54) is 0 Å². The molecule has 0 aliphatic rings. The van der Waals surface area contributed by atoms with Crippen LogP contribution in [0, 0.1) is 0 Å². The van der Waals surface area contributed by atoms with Gasteiger partial charge in [0, 0.05) is 20.3 Å². The molecule has 18 heavy (non-hydrogen) atoms. The number of benzene rings is 1. The summed E-state index contributed by atoms with van der Waals surface area (Å²) in [5.74, 6) is -0.00280. The summed E-state index contributed by atoms with van der Waals surface area (Å²) >= 11 is 5.04. The molecule has 4 heteroatoms. The lowest BCUT2D eigenvalue weighted by Gasteiger charge is -2.07. The van der Waals surface area contributed by atoms with Gasteiger partial charge in [-0.15, -0.1) is 11.3 Å². The van der Waals surface area contributed by atoms with E-state index in [4.69, 9.17) is 0 Å². The Bertz CT molecular complexity index is 550.